The number of methoxy groups -OCH3 is 1. The second kappa shape index (κ2) is 7.42. The Morgan fingerprint density at radius 3 is 2.33 bits per heavy atom. The van der Waals surface area contributed by atoms with Gasteiger partial charge in [-0.3, -0.25) is 9.10 Å². The van der Waals surface area contributed by atoms with Gasteiger partial charge in [-0.1, -0.05) is 18.2 Å². The first kappa shape index (κ1) is 17.5. The minimum absolute atomic E-state index is 0.242. The van der Waals surface area contributed by atoms with E-state index in [-0.39, 0.29) is 12.5 Å². The average Bonchev–Trinajstić information content (AvgIpc) is 2.36. The van der Waals surface area contributed by atoms with Crippen molar-refractivity contribution in [3.8, 4) is 0 Å². The van der Waals surface area contributed by atoms with Gasteiger partial charge in [0.25, 0.3) is 0 Å². The van der Waals surface area contributed by atoms with Crippen LogP contribution in [-0.4, -0.2) is 47.4 Å². The number of carbonyl (C=O) groups is 1. The average molecular weight is 314 g/mol. The number of nitrogens with one attached hydrogen (secondary N) is 1. The van der Waals surface area contributed by atoms with Crippen LogP contribution >= 0.6 is 0 Å². The number of sulfonamides is 1. The molecule has 0 saturated heterocycles. The lowest BCUT2D eigenvalue weighted by atomic mass is 10.1. The second-order valence-electron chi connectivity index (χ2n) is 4.85. The summed E-state index contributed by atoms with van der Waals surface area (Å²) in [7, 11) is -2.01. The van der Waals surface area contributed by atoms with Gasteiger partial charge in [0.15, 0.2) is 0 Å². The Kier molecular flexibility index (Phi) is 6.17. The molecule has 1 aromatic rings. The minimum Gasteiger partial charge on any atom is -0.383 e. The summed E-state index contributed by atoms with van der Waals surface area (Å²) < 4.78 is 30.0. The van der Waals surface area contributed by atoms with E-state index in [1.807, 2.05) is 32.0 Å². The lowest BCUT2D eigenvalue weighted by molar-refractivity contribution is -0.119. The molecular formula is C14H22N2O4S. The van der Waals surface area contributed by atoms with E-state index in [9.17, 15) is 13.2 Å². The van der Waals surface area contributed by atoms with Gasteiger partial charge in [0.05, 0.1) is 18.6 Å². The van der Waals surface area contributed by atoms with Crippen LogP contribution in [0.4, 0.5) is 5.69 Å². The van der Waals surface area contributed by atoms with Crippen LogP contribution in [0.1, 0.15) is 11.1 Å². The number of ether oxygens (including phenoxy) is 1. The Hall–Kier alpha value is -1.60. The van der Waals surface area contributed by atoms with Crippen molar-refractivity contribution in [1.29, 1.82) is 0 Å². The number of carbonyl (C=O) groups excluding carboxylic acids is 1. The third-order valence-electron chi connectivity index (χ3n) is 3.00. The molecule has 0 bridgehead atoms. The largest absolute Gasteiger partial charge is 0.383 e. The number of nitrogens with zero attached hydrogens (tertiary/aromatic N) is 1. The molecule has 0 aliphatic rings. The Morgan fingerprint density at radius 2 is 1.86 bits per heavy atom. The summed E-state index contributed by atoms with van der Waals surface area (Å²) in [6, 6.07) is 5.50. The maximum Gasteiger partial charge on any atom is 0.240 e. The fraction of sp³-hybridized carbons (Fsp3) is 0.500. The maximum atomic E-state index is 12.0. The molecule has 21 heavy (non-hydrogen) atoms. The van der Waals surface area contributed by atoms with Gasteiger partial charge >= 0.3 is 0 Å². The van der Waals surface area contributed by atoms with Crippen molar-refractivity contribution < 1.29 is 17.9 Å². The van der Waals surface area contributed by atoms with Crippen LogP contribution < -0.4 is 9.62 Å². The molecule has 0 aliphatic carbocycles. The van der Waals surface area contributed by atoms with Crippen LogP contribution in [0.2, 0.25) is 0 Å². The monoisotopic (exact) mass is 314 g/mol. The van der Waals surface area contributed by atoms with Crippen molar-refractivity contribution in [3.05, 3.63) is 29.3 Å². The highest BCUT2D eigenvalue weighted by Crippen LogP contribution is 2.26. The van der Waals surface area contributed by atoms with Crippen LogP contribution in [0.15, 0.2) is 18.2 Å². The zero-order chi connectivity index (χ0) is 16.0. The van der Waals surface area contributed by atoms with Crippen molar-refractivity contribution >= 4 is 21.6 Å². The molecule has 0 fully saturated rings. The Bertz CT molecular complexity index is 579. The highest BCUT2D eigenvalue weighted by atomic mass is 32.2. The second-order valence-corrected chi connectivity index (χ2v) is 6.76. The van der Waals surface area contributed by atoms with Crippen molar-refractivity contribution in [1.82, 2.24) is 5.32 Å². The molecule has 0 unspecified atom stereocenters. The number of anilines is 1. The first-order valence-corrected chi connectivity index (χ1v) is 8.41. The van der Waals surface area contributed by atoms with Gasteiger partial charge in [0.1, 0.15) is 6.54 Å². The van der Waals surface area contributed by atoms with Gasteiger partial charge in [-0.05, 0) is 25.0 Å². The predicted octanol–water partition coefficient (Wildman–Crippen LogP) is 0.832. The normalized spacial score (nSPS) is 11.2. The molecule has 1 rings (SSSR count). The first-order chi connectivity index (χ1) is 9.77. The SMILES string of the molecule is COCCNC(=O)CN(c1c(C)cccc1C)S(C)(=O)=O. The van der Waals surface area contributed by atoms with E-state index in [4.69, 9.17) is 4.74 Å². The van der Waals surface area contributed by atoms with Gasteiger partial charge in [0, 0.05) is 13.7 Å². The number of hydrogen-bond acceptors (Lipinski definition) is 4. The molecule has 0 heterocycles. The summed E-state index contributed by atoms with van der Waals surface area (Å²) in [6.07, 6.45) is 1.10. The molecule has 1 amide bonds. The van der Waals surface area contributed by atoms with Crippen LogP contribution in [-0.2, 0) is 19.6 Å². The van der Waals surface area contributed by atoms with Crippen molar-refractivity contribution in [2.45, 2.75) is 13.8 Å². The first-order valence-electron chi connectivity index (χ1n) is 6.57. The third-order valence-corrected chi connectivity index (χ3v) is 4.12. The van der Waals surface area contributed by atoms with E-state index < -0.39 is 10.0 Å². The summed E-state index contributed by atoms with van der Waals surface area (Å²) in [5.74, 6) is -0.361. The number of benzene rings is 1. The van der Waals surface area contributed by atoms with Crippen LogP contribution in [0.3, 0.4) is 0 Å². The van der Waals surface area contributed by atoms with Crippen LogP contribution in [0.5, 0.6) is 0 Å². The zero-order valence-corrected chi connectivity index (χ0v) is 13.7. The summed E-state index contributed by atoms with van der Waals surface area (Å²) in [6.45, 7) is 4.13. The third kappa shape index (κ3) is 5.02. The highest BCUT2D eigenvalue weighted by Gasteiger charge is 2.23. The summed E-state index contributed by atoms with van der Waals surface area (Å²) >= 11 is 0. The fourth-order valence-electron chi connectivity index (χ4n) is 2.04. The van der Waals surface area contributed by atoms with Crippen molar-refractivity contribution in [2.24, 2.45) is 0 Å². The van der Waals surface area contributed by atoms with E-state index in [2.05, 4.69) is 5.32 Å². The Labute approximate surface area is 126 Å². The summed E-state index contributed by atoms with van der Waals surface area (Å²) in [5, 5.41) is 2.62. The van der Waals surface area contributed by atoms with Gasteiger partial charge in [-0.2, -0.15) is 0 Å². The molecule has 0 aliphatic heterocycles. The molecule has 118 valence electrons. The fourth-order valence-corrected chi connectivity index (χ4v) is 3.01. The van der Waals surface area contributed by atoms with E-state index in [1.54, 1.807) is 0 Å². The van der Waals surface area contributed by atoms with Crippen molar-refractivity contribution in [3.63, 3.8) is 0 Å². The molecule has 0 radical (unpaired) electrons. The summed E-state index contributed by atoms with van der Waals surface area (Å²) in [4.78, 5) is 11.9. The van der Waals surface area contributed by atoms with Crippen LogP contribution in [0, 0.1) is 13.8 Å². The minimum atomic E-state index is -3.55. The van der Waals surface area contributed by atoms with Gasteiger partial charge in [-0.25, -0.2) is 8.42 Å². The number of hydrogen-bond donors (Lipinski definition) is 1. The Morgan fingerprint density at radius 1 is 1.29 bits per heavy atom. The van der Waals surface area contributed by atoms with E-state index in [0.29, 0.717) is 18.8 Å². The zero-order valence-electron chi connectivity index (χ0n) is 12.8. The molecule has 7 heteroatoms. The highest BCUT2D eigenvalue weighted by molar-refractivity contribution is 7.92. The summed E-state index contributed by atoms with van der Waals surface area (Å²) in [5.41, 5.74) is 2.18. The van der Waals surface area contributed by atoms with E-state index >= 15 is 0 Å². The van der Waals surface area contributed by atoms with Gasteiger partial charge < -0.3 is 10.1 Å². The number of rotatable bonds is 7. The van der Waals surface area contributed by atoms with E-state index in [1.165, 1.54) is 7.11 Å². The number of amides is 1. The standard InChI is InChI=1S/C14H22N2O4S/c1-11-6-5-7-12(2)14(11)16(21(4,18)19)10-13(17)15-8-9-20-3/h5-7H,8-10H2,1-4H3,(H,15,17). The van der Waals surface area contributed by atoms with Crippen molar-refractivity contribution in [2.75, 3.05) is 37.4 Å². The quantitative estimate of drug-likeness (QED) is 0.757. The molecule has 1 aromatic carbocycles. The molecule has 0 spiro atoms. The molecule has 0 aromatic heterocycles. The maximum absolute atomic E-state index is 12.0. The van der Waals surface area contributed by atoms with Gasteiger partial charge in [0.2, 0.25) is 15.9 Å². The van der Waals surface area contributed by atoms with E-state index in [0.717, 1.165) is 21.7 Å². The number of para-hydroxylation sites is 1. The van der Waals surface area contributed by atoms with Crippen LogP contribution in [0.25, 0.3) is 0 Å². The lowest BCUT2D eigenvalue weighted by Gasteiger charge is -2.25. The molecule has 0 atom stereocenters. The predicted molar refractivity (Wildman–Crippen MR) is 83.0 cm³/mol. The molecule has 1 N–H and O–H groups in total. The molecule has 0 saturated carbocycles. The lowest BCUT2D eigenvalue weighted by Crippen LogP contribution is -2.41. The van der Waals surface area contributed by atoms with Gasteiger partial charge in [-0.15, -0.1) is 0 Å². The topological polar surface area (TPSA) is 75.7 Å². The smallest absolute Gasteiger partial charge is 0.240 e. The number of aryl methyl sites for hydroxylation is 2. The molecular weight excluding hydrogens is 292 g/mol. The Balaban J connectivity index is 3.01. The molecule has 6 nitrogen and oxygen atoms in total.